The van der Waals surface area contributed by atoms with E-state index in [4.69, 9.17) is 16.3 Å². The van der Waals surface area contributed by atoms with Crippen molar-refractivity contribution in [3.05, 3.63) is 63.9 Å². The molecule has 7 heteroatoms. The number of ether oxygens (including phenoxy) is 1. The number of amides is 1. The fourth-order valence-electron chi connectivity index (χ4n) is 2.54. The van der Waals surface area contributed by atoms with Crippen LogP contribution in [0.15, 0.2) is 36.4 Å². The van der Waals surface area contributed by atoms with E-state index in [1.807, 2.05) is 0 Å². The topological polar surface area (TPSA) is 72.5 Å². The van der Waals surface area contributed by atoms with E-state index < -0.39 is 24.2 Å². The van der Waals surface area contributed by atoms with Gasteiger partial charge < -0.3 is 10.1 Å². The summed E-state index contributed by atoms with van der Waals surface area (Å²) in [6.07, 6.45) is 0. The summed E-state index contributed by atoms with van der Waals surface area (Å²) in [6.45, 7) is 1.26. The number of rotatable bonds is 4. The molecule has 2 aromatic rings. The van der Waals surface area contributed by atoms with Crippen LogP contribution in [0.4, 0.5) is 10.1 Å². The second kappa shape index (κ2) is 6.64. The zero-order chi connectivity index (χ0) is 18.1. The number of carbonyl (C=O) groups is 3. The largest absolute Gasteiger partial charge is 0.454 e. The van der Waals surface area contributed by atoms with Crippen LogP contribution in [0.1, 0.15) is 39.1 Å². The minimum absolute atomic E-state index is 0.0201. The average molecular weight is 362 g/mol. The zero-order valence-corrected chi connectivity index (χ0v) is 13.9. The summed E-state index contributed by atoms with van der Waals surface area (Å²) in [6, 6.07) is 8.07. The molecule has 3 rings (SSSR count). The lowest BCUT2D eigenvalue weighted by molar-refractivity contribution is -0.116. The maximum atomic E-state index is 13.0. The van der Waals surface area contributed by atoms with E-state index in [1.165, 1.54) is 6.07 Å². The van der Waals surface area contributed by atoms with Crippen LogP contribution in [0, 0.1) is 5.82 Å². The molecule has 0 spiro atoms. The molecule has 0 saturated heterocycles. The standard InChI is InChI=1S/C18H13ClFNO4/c1-9-13-6-10(2-5-15(13)21-17(9)23)16(22)8-25-18(24)12-4-3-11(20)7-14(12)19/h2-7,9H,8H2,1H3,(H,21,23)/t9-/m1/s1. The Bertz CT molecular complexity index is 897. The van der Waals surface area contributed by atoms with Gasteiger partial charge in [0.1, 0.15) is 5.82 Å². The molecule has 0 aromatic heterocycles. The predicted octanol–water partition coefficient (Wildman–Crippen LogP) is 3.57. The molecule has 1 atom stereocenters. The van der Waals surface area contributed by atoms with Gasteiger partial charge >= 0.3 is 5.97 Å². The van der Waals surface area contributed by atoms with Gasteiger partial charge in [0, 0.05) is 11.3 Å². The minimum Gasteiger partial charge on any atom is -0.454 e. The Morgan fingerprint density at radius 3 is 2.72 bits per heavy atom. The first-order valence-electron chi connectivity index (χ1n) is 7.47. The van der Waals surface area contributed by atoms with Crippen molar-refractivity contribution >= 4 is 34.9 Å². The van der Waals surface area contributed by atoms with Gasteiger partial charge in [-0.3, -0.25) is 9.59 Å². The maximum absolute atomic E-state index is 13.0. The number of fused-ring (bicyclic) bond motifs is 1. The van der Waals surface area contributed by atoms with E-state index in [2.05, 4.69) is 5.32 Å². The molecule has 128 valence electrons. The van der Waals surface area contributed by atoms with E-state index in [9.17, 15) is 18.8 Å². The molecule has 1 heterocycles. The third kappa shape index (κ3) is 3.39. The Kier molecular flexibility index (Phi) is 4.55. The van der Waals surface area contributed by atoms with Gasteiger partial charge in [0.05, 0.1) is 16.5 Å². The Morgan fingerprint density at radius 2 is 2.00 bits per heavy atom. The highest BCUT2D eigenvalue weighted by molar-refractivity contribution is 6.33. The molecule has 0 radical (unpaired) electrons. The molecule has 1 amide bonds. The fraction of sp³-hybridized carbons (Fsp3) is 0.167. The monoisotopic (exact) mass is 361 g/mol. The SMILES string of the molecule is C[C@H]1C(=O)Nc2ccc(C(=O)COC(=O)c3ccc(F)cc3Cl)cc21. The van der Waals surface area contributed by atoms with Crippen LogP contribution in [-0.4, -0.2) is 24.3 Å². The Hall–Kier alpha value is -2.73. The van der Waals surface area contributed by atoms with E-state index in [0.29, 0.717) is 11.3 Å². The Morgan fingerprint density at radius 1 is 1.24 bits per heavy atom. The van der Waals surface area contributed by atoms with Gasteiger partial charge in [-0.1, -0.05) is 11.6 Å². The number of ketones is 1. The number of nitrogens with one attached hydrogen (secondary N) is 1. The zero-order valence-electron chi connectivity index (χ0n) is 13.1. The van der Waals surface area contributed by atoms with Crippen molar-refractivity contribution in [2.75, 3.05) is 11.9 Å². The molecule has 0 bridgehead atoms. The molecule has 0 saturated carbocycles. The van der Waals surface area contributed by atoms with Crippen LogP contribution in [0.3, 0.4) is 0 Å². The van der Waals surface area contributed by atoms with Crippen LogP contribution in [-0.2, 0) is 9.53 Å². The summed E-state index contributed by atoms with van der Waals surface area (Å²) in [5, 5.41) is 2.63. The van der Waals surface area contributed by atoms with E-state index in [1.54, 1.807) is 25.1 Å². The lowest BCUT2D eigenvalue weighted by Gasteiger charge is -2.08. The third-order valence-corrected chi connectivity index (χ3v) is 4.29. The predicted molar refractivity (Wildman–Crippen MR) is 89.5 cm³/mol. The van der Waals surface area contributed by atoms with Crippen molar-refractivity contribution in [2.45, 2.75) is 12.8 Å². The highest BCUT2D eigenvalue weighted by Gasteiger charge is 2.27. The minimum atomic E-state index is -0.815. The third-order valence-electron chi connectivity index (χ3n) is 3.98. The molecule has 1 N–H and O–H groups in total. The van der Waals surface area contributed by atoms with Crippen LogP contribution < -0.4 is 5.32 Å². The Balaban J connectivity index is 1.69. The number of benzene rings is 2. The van der Waals surface area contributed by atoms with Gasteiger partial charge in [-0.15, -0.1) is 0 Å². The fourth-order valence-corrected chi connectivity index (χ4v) is 2.78. The number of carbonyl (C=O) groups excluding carboxylic acids is 3. The molecular weight excluding hydrogens is 349 g/mol. The summed E-state index contributed by atoms with van der Waals surface area (Å²) in [7, 11) is 0. The molecule has 5 nitrogen and oxygen atoms in total. The van der Waals surface area contributed by atoms with Gasteiger partial charge in [0.2, 0.25) is 5.91 Å². The summed E-state index contributed by atoms with van der Waals surface area (Å²) < 4.78 is 17.9. The van der Waals surface area contributed by atoms with E-state index >= 15 is 0 Å². The summed E-state index contributed by atoms with van der Waals surface area (Å²) in [5.74, 6) is -2.28. The molecule has 2 aromatic carbocycles. The molecule has 1 aliphatic rings. The molecule has 25 heavy (non-hydrogen) atoms. The highest BCUT2D eigenvalue weighted by atomic mass is 35.5. The van der Waals surface area contributed by atoms with Crippen LogP contribution in [0.25, 0.3) is 0 Å². The van der Waals surface area contributed by atoms with Crippen molar-refractivity contribution in [1.82, 2.24) is 0 Å². The van der Waals surface area contributed by atoms with Gasteiger partial charge in [-0.2, -0.15) is 0 Å². The smallest absolute Gasteiger partial charge is 0.340 e. The first-order valence-corrected chi connectivity index (χ1v) is 7.85. The number of hydrogen-bond donors (Lipinski definition) is 1. The van der Waals surface area contributed by atoms with Crippen molar-refractivity contribution < 1.29 is 23.5 Å². The lowest BCUT2D eigenvalue weighted by atomic mass is 9.99. The van der Waals surface area contributed by atoms with Crippen LogP contribution >= 0.6 is 11.6 Å². The normalized spacial score (nSPS) is 15.5. The first-order chi connectivity index (χ1) is 11.9. The second-order valence-electron chi connectivity index (χ2n) is 5.64. The average Bonchev–Trinajstić information content (AvgIpc) is 2.86. The van der Waals surface area contributed by atoms with Crippen molar-refractivity contribution in [3.63, 3.8) is 0 Å². The summed E-state index contributed by atoms with van der Waals surface area (Å²) in [4.78, 5) is 35.8. The molecule has 0 fully saturated rings. The van der Waals surface area contributed by atoms with Crippen LogP contribution in [0.5, 0.6) is 0 Å². The van der Waals surface area contributed by atoms with Gasteiger partial charge in [0.15, 0.2) is 12.4 Å². The number of anilines is 1. The second-order valence-corrected chi connectivity index (χ2v) is 6.04. The van der Waals surface area contributed by atoms with Crippen molar-refractivity contribution in [3.8, 4) is 0 Å². The maximum Gasteiger partial charge on any atom is 0.340 e. The van der Waals surface area contributed by atoms with E-state index in [-0.39, 0.29) is 22.4 Å². The molecular formula is C18H13ClFNO4. The number of hydrogen-bond acceptors (Lipinski definition) is 4. The first kappa shape index (κ1) is 17.1. The van der Waals surface area contributed by atoms with Crippen molar-refractivity contribution in [2.24, 2.45) is 0 Å². The highest BCUT2D eigenvalue weighted by Crippen LogP contribution is 2.32. The van der Waals surface area contributed by atoms with Gasteiger partial charge in [0.25, 0.3) is 0 Å². The molecule has 1 aliphatic heterocycles. The quantitative estimate of drug-likeness (QED) is 0.667. The Labute approximate surface area is 147 Å². The van der Waals surface area contributed by atoms with Gasteiger partial charge in [-0.05, 0) is 48.9 Å². The number of halogens is 2. The number of Topliss-reactive ketones (excluding diaryl/α,β-unsaturated/α-hetero) is 1. The number of esters is 1. The van der Waals surface area contributed by atoms with Crippen LogP contribution in [0.2, 0.25) is 5.02 Å². The molecule has 0 unspecified atom stereocenters. The summed E-state index contributed by atoms with van der Waals surface area (Å²) in [5.41, 5.74) is 1.71. The lowest BCUT2D eigenvalue weighted by Crippen LogP contribution is -2.15. The van der Waals surface area contributed by atoms with E-state index in [0.717, 1.165) is 17.7 Å². The van der Waals surface area contributed by atoms with Gasteiger partial charge in [-0.25, -0.2) is 9.18 Å². The summed E-state index contributed by atoms with van der Waals surface area (Å²) >= 11 is 5.79. The van der Waals surface area contributed by atoms with Crippen molar-refractivity contribution in [1.29, 1.82) is 0 Å². The molecule has 0 aliphatic carbocycles.